The minimum Gasteiger partial charge on any atom is -0.465 e. The van der Waals surface area contributed by atoms with E-state index in [4.69, 9.17) is 14.3 Å². The molecule has 2 amide bonds. The number of ether oxygens (including phenoxy) is 1. The number of esters is 1. The van der Waals surface area contributed by atoms with Crippen molar-refractivity contribution in [3.05, 3.63) is 64.4 Å². The van der Waals surface area contributed by atoms with Crippen LogP contribution in [0.3, 0.4) is 0 Å². The lowest BCUT2D eigenvalue weighted by molar-refractivity contribution is -0.141. The molecule has 1 aromatic carbocycles. The topological polar surface area (TPSA) is 121 Å². The second kappa shape index (κ2) is 8.59. The van der Waals surface area contributed by atoms with Gasteiger partial charge in [-0.15, -0.1) is 0 Å². The average Bonchev–Trinajstić information content (AvgIpc) is 3.22. The van der Waals surface area contributed by atoms with Crippen molar-refractivity contribution >= 4 is 23.9 Å². The maximum absolute atomic E-state index is 12.7. The third-order valence-corrected chi connectivity index (χ3v) is 4.66. The molecule has 0 bridgehead atoms. The van der Waals surface area contributed by atoms with Crippen molar-refractivity contribution in [2.75, 3.05) is 20.3 Å². The Morgan fingerprint density at radius 3 is 2.63 bits per heavy atom. The molecule has 1 aliphatic rings. The van der Waals surface area contributed by atoms with E-state index in [0.717, 1.165) is 4.90 Å². The standard InChI is InChI=1S/C22H18N2O6/c1-13-17(20(26)24(9-10-25)21(27)18(13)12-23)11-14-7-8-19(30-14)15-5-3-4-6-16(15)22(28)29-2/h3-8,11,25H,9-10H2,1-2H3/b17-11+. The van der Waals surface area contributed by atoms with Gasteiger partial charge in [-0.25, -0.2) is 4.79 Å². The van der Waals surface area contributed by atoms with Crippen LogP contribution in [0.4, 0.5) is 0 Å². The molecule has 0 spiro atoms. The van der Waals surface area contributed by atoms with Crippen LogP contribution in [0.5, 0.6) is 0 Å². The summed E-state index contributed by atoms with van der Waals surface area (Å²) in [4.78, 5) is 37.9. The number of methoxy groups -OCH3 is 1. The fourth-order valence-electron chi connectivity index (χ4n) is 3.14. The van der Waals surface area contributed by atoms with E-state index in [1.54, 1.807) is 36.4 Å². The van der Waals surface area contributed by atoms with Gasteiger partial charge >= 0.3 is 5.97 Å². The van der Waals surface area contributed by atoms with Gasteiger partial charge in [0.1, 0.15) is 23.2 Å². The zero-order valence-corrected chi connectivity index (χ0v) is 16.3. The van der Waals surface area contributed by atoms with E-state index < -0.39 is 24.4 Å². The monoisotopic (exact) mass is 406 g/mol. The van der Waals surface area contributed by atoms with Gasteiger partial charge in [0.25, 0.3) is 11.8 Å². The highest BCUT2D eigenvalue weighted by molar-refractivity contribution is 6.19. The number of aliphatic hydroxyl groups excluding tert-OH is 1. The number of amides is 2. The van der Waals surface area contributed by atoms with Crippen LogP contribution >= 0.6 is 0 Å². The van der Waals surface area contributed by atoms with Crippen molar-refractivity contribution in [2.24, 2.45) is 0 Å². The van der Waals surface area contributed by atoms with Gasteiger partial charge in [-0.05, 0) is 36.8 Å². The summed E-state index contributed by atoms with van der Waals surface area (Å²) >= 11 is 0. The molecular formula is C22H18N2O6. The number of hydrogen-bond donors (Lipinski definition) is 1. The van der Waals surface area contributed by atoms with E-state index in [1.807, 2.05) is 6.07 Å². The summed E-state index contributed by atoms with van der Waals surface area (Å²) in [5.74, 6) is -1.20. The maximum atomic E-state index is 12.7. The number of β-amino-alcohol motifs (C(OH)–C–C–N with tert-alkyl or cyclic N) is 1. The van der Waals surface area contributed by atoms with E-state index in [0.29, 0.717) is 22.6 Å². The molecule has 0 saturated carbocycles. The largest absolute Gasteiger partial charge is 0.465 e. The molecule has 0 saturated heterocycles. The van der Waals surface area contributed by atoms with E-state index in [2.05, 4.69) is 0 Å². The Morgan fingerprint density at radius 2 is 1.97 bits per heavy atom. The fourth-order valence-corrected chi connectivity index (χ4v) is 3.14. The molecule has 1 aliphatic heterocycles. The molecule has 3 rings (SSSR count). The zero-order valence-electron chi connectivity index (χ0n) is 16.3. The quantitative estimate of drug-likeness (QED) is 0.459. The number of nitrogens with zero attached hydrogens (tertiary/aromatic N) is 2. The molecule has 1 N–H and O–H groups in total. The molecule has 30 heavy (non-hydrogen) atoms. The van der Waals surface area contributed by atoms with Crippen molar-refractivity contribution < 1.29 is 28.6 Å². The molecule has 0 radical (unpaired) electrons. The summed E-state index contributed by atoms with van der Waals surface area (Å²) in [5.41, 5.74) is 1.02. The lowest BCUT2D eigenvalue weighted by Gasteiger charge is -2.26. The van der Waals surface area contributed by atoms with Gasteiger partial charge in [-0.1, -0.05) is 18.2 Å². The van der Waals surface area contributed by atoms with E-state index in [9.17, 15) is 19.6 Å². The highest BCUT2D eigenvalue weighted by Crippen LogP contribution is 2.30. The predicted octanol–water partition coefficient (Wildman–Crippen LogP) is 2.32. The molecule has 2 heterocycles. The number of nitriles is 1. The number of hydrogen-bond acceptors (Lipinski definition) is 7. The molecule has 152 valence electrons. The van der Waals surface area contributed by atoms with E-state index in [1.165, 1.54) is 20.1 Å². The first kappa shape index (κ1) is 20.8. The van der Waals surface area contributed by atoms with Crippen LogP contribution in [0.1, 0.15) is 23.0 Å². The Bertz CT molecular complexity index is 1130. The summed E-state index contributed by atoms with van der Waals surface area (Å²) < 4.78 is 10.6. The van der Waals surface area contributed by atoms with Crippen LogP contribution in [0.15, 0.2) is 57.5 Å². The Hall–Kier alpha value is -3.96. The second-order valence-corrected chi connectivity index (χ2v) is 6.39. The minimum atomic E-state index is -0.738. The Kier molecular flexibility index (Phi) is 5.95. The number of furan rings is 1. The van der Waals surface area contributed by atoms with Gasteiger partial charge in [-0.2, -0.15) is 5.26 Å². The molecule has 0 unspecified atom stereocenters. The Labute approximate surface area is 172 Å². The van der Waals surface area contributed by atoms with Gasteiger partial charge in [0.05, 0.1) is 25.8 Å². The molecule has 1 aromatic heterocycles. The van der Waals surface area contributed by atoms with E-state index >= 15 is 0 Å². The second-order valence-electron chi connectivity index (χ2n) is 6.39. The summed E-state index contributed by atoms with van der Waals surface area (Å²) in [5, 5.41) is 18.5. The van der Waals surface area contributed by atoms with Crippen LogP contribution in [0.2, 0.25) is 0 Å². The molecule has 2 aromatic rings. The molecule has 8 heteroatoms. The molecule has 8 nitrogen and oxygen atoms in total. The van der Waals surface area contributed by atoms with Crippen LogP contribution in [0, 0.1) is 11.3 Å². The number of aliphatic hydroxyl groups is 1. The fraction of sp³-hybridized carbons (Fsp3) is 0.182. The third kappa shape index (κ3) is 3.66. The predicted molar refractivity (Wildman–Crippen MR) is 106 cm³/mol. The third-order valence-electron chi connectivity index (χ3n) is 4.66. The first-order valence-corrected chi connectivity index (χ1v) is 9.00. The SMILES string of the molecule is COC(=O)c1ccccc1-c1ccc(/C=C2/C(=O)N(CCO)C(=O)C(C#N)=C2C)o1. The molecule has 0 aliphatic carbocycles. The molecule has 0 atom stereocenters. The zero-order chi connectivity index (χ0) is 21.8. The maximum Gasteiger partial charge on any atom is 0.338 e. The summed E-state index contributed by atoms with van der Waals surface area (Å²) in [7, 11) is 1.28. The lowest BCUT2D eigenvalue weighted by atomic mass is 9.95. The first-order chi connectivity index (χ1) is 14.4. The van der Waals surface area contributed by atoms with Crippen LogP contribution in [-0.4, -0.2) is 48.1 Å². The van der Waals surface area contributed by atoms with Gasteiger partial charge in [0.2, 0.25) is 0 Å². The number of rotatable bonds is 5. The van der Waals surface area contributed by atoms with Gasteiger partial charge in [0.15, 0.2) is 0 Å². The number of benzene rings is 1. The average molecular weight is 406 g/mol. The summed E-state index contributed by atoms with van der Waals surface area (Å²) in [6, 6.07) is 11.8. The normalized spacial score (nSPS) is 15.5. The van der Waals surface area contributed by atoms with Gasteiger partial charge < -0.3 is 14.3 Å². The van der Waals surface area contributed by atoms with Crippen LogP contribution < -0.4 is 0 Å². The van der Waals surface area contributed by atoms with Crippen molar-refractivity contribution in [3.63, 3.8) is 0 Å². The number of carbonyl (C=O) groups excluding carboxylic acids is 3. The molecular weight excluding hydrogens is 388 g/mol. The first-order valence-electron chi connectivity index (χ1n) is 9.00. The van der Waals surface area contributed by atoms with Crippen molar-refractivity contribution in [1.82, 2.24) is 4.90 Å². The Balaban J connectivity index is 2.05. The van der Waals surface area contributed by atoms with Crippen molar-refractivity contribution in [1.29, 1.82) is 5.26 Å². The molecule has 0 fully saturated rings. The summed E-state index contributed by atoms with van der Waals surface area (Å²) in [6.45, 7) is 0.869. The lowest BCUT2D eigenvalue weighted by Crippen LogP contribution is -2.44. The van der Waals surface area contributed by atoms with Crippen molar-refractivity contribution in [3.8, 4) is 17.4 Å². The van der Waals surface area contributed by atoms with Crippen molar-refractivity contribution in [2.45, 2.75) is 6.92 Å². The summed E-state index contributed by atoms with van der Waals surface area (Å²) in [6.07, 6.45) is 1.43. The highest BCUT2D eigenvalue weighted by Gasteiger charge is 2.35. The highest BCUT2D eigenvalue weighted by atomic mass is 16.5. The van der Waals surface area contributed by atoms with Gasteiger partial charge in [0, 0.05) is 11.1 Å². The van der Waals surface area contributed by atoms with Crippen LogP contribution in [-0.2, 0) is 14.3 Å². The smallest absolute Gasteiger partial charge is 0.338 e. The van der Waals surface area contributed by atoms with Gasteiger partial charge in [-0.3, -0.25) is 14.5 Å². The minimum absolute atomic E-state index is 0.113. The number of carbonyl (C=O) groups is 3. The number of imide groups is 1. The van der Waals surface area contributed by atoms with Crippen LogP contribution in [0.25, 0.3) is 17.4 Å². The Morgan fingerprint density at radius 1 is 1.23 bits per heavy atom. The van der Waals surface area contributed by atoms with E-state index in [-0.39, 0.29) is 23.3 Å².